The van der Waals surface area contributed by atoms with Gasteiger partial charge < -0.3 is 0 Å². The van der Waals surface area contributed by atoms with E-state index in [1.54, 1.807) is 0 Å². The molecule has 0 unspecified atom stereocenters. The molecule has 0 N–H and O–H groups in total. The topological polar surface area (TPSA) is 3.24 Å². The van der Waals surface area contributed by atoms with Gasteiger partial charge in [-0.3, -0.25) is 4.90 Å². The summed E-state index contributed by atoms with van der Waals surface area (Å²) in [7, 11) is 0. The van der Waals surface area contributed by atoms with E-state index in [4.69, 9.17) is 0 Å². The van der Waals surface area contributed by atoms with Crippen molar-refractivity contribution in [1.29, 1.82) is 0 Å². The monoisotopic (exact) mass is 249 g/mol. The van der Waals surface area contributed by atoms with Gasteiger partial charge in [0.25, 0.3) is 0 Å². The van der Waals surface area contributed by atoms with Gasteiger partial charge in [0.2, 0.25) is 0 Å². The van der Waals surface area contributed by atoms with Crippen molar-refractivity contribution < 1.29 is 0 Å². The number of benzene rings is 1. The first-order valence-corrected chi connectivity index (χ1v) is 8.00. The number of hydrogen-bond acceptors (Lipinski definition) is 2. The molecule has 1 heterocycles. The third kappa shape index (κ3) is 3.49. The summed E-state index contributed by atoms with van der Waals surface area (Å²) in [6, 6.07) is 9.72. The van der Waals surface area contributed by atoms with Crippen molar-refractivity contribution in [2.24, 2.45) is 0 Å². The SMILES string of the molecule is CSCCCN1CCC[C@H]1c1cccc(C)c1. The van der Waals surface area contributed by atoms with E-state index in [1.165, 1.54) is 49.2 Å². The lowest BCUT2D eigenvalue weighted by Crippen LogP contribution is -2.24. The molecule has 0 saturated carbocycles. The molecule has 0 spiro atoms. The van der Waals surface area contributed by atoms with Gasteiger partial charge in [-0.2, -0.15) is 11.8 Å². The summed E-state index contributed by atoms with van der Waals surface area (Å²) in [5.74, 6) is 1.29. The minimum atomic E-state index is 0.678. The van der Waals surface area contributed by atoms with Crippen LogP contribution in [0, 0.1) is 6.92 Å². The van der Waals surface area contributed by atoms with Gasteiger partial charge in [0.1, 0.15) is 0 Å². The smallest absolute Gasteiger partial charge is 0.0348 e. The van der Waals surface area contributed by atoms with Crippen LogP contribution < -0.4 is 0 Å². The number of likely N-dealkylation sites (tertiary alicyclic amines) is 1. The molecule has 1 nitrogen and oxygen atoms in total. The van der Waals surface area contributed by atoms with Gasteiger partial charge in [-0.25, -0.2) is 0 Å². The Labute approximate surface area is 110 Å². The Morgan fingerprint density at radius 3 is 3.06 bits per heavy atom. The first-order valence-electron chi connectivity index (χ1n) is 6.61. The van der Waals surface area contributed by atoms with Gasteiger partial charge in [0.15, 0.2) is 0 Å². The summed E-state index contributed by atoms with van der Waals surface area (Å²) in [5.41, 5.74) is 2.91. The maximum Gasteiger partial charge on any atom is 0.0348 e. The van der Waals surface area contributed by atoms with E-state index in [2.05, 4.69) is 42.3 Å². The van der Waals surface area contributed by atoms with Crippen molar-refractivity contribution in [2.75, 3.05) is 25.1 Å². The lowest BCUT2D eigenvalue weighted by molar-refractivity contribution is 0.258. The number of nitrogens with zero attached hydrogens (tertiary/aromatic N) is 1. The Hall–Kier alpha value is -0.470. The number of thioether (sulfide) groups is 1. The Morgan fingerprint density at radius 2 is 2.29 bits per heavy atom. The Kier molecular flexibility index (Phi) is 4.93. The van der Waals surface area contributed by atoms with Crippen molar-refractivity contribution in [3.05, 3.63) is 35.4 Å². The van der Waals surface area contributed by atoms with Crippen molar-refractivity contribution in [2.45, 2.75) is 32.2 Å². The molecule has 17 heavy (non-hydrogen) atoms. The molecule has 1 aromatic rings. The summed E-state index contributed by atoms with van der Waals surface area (Å²) in [6.45, 7) is 4.74. The van der Waals surface area contributed by atoms with E-state index in [0.717, 1.165) is 0 Å². The average Bonchev–Trinajstić information content (AvgIpc) is 2.78. The third-order valence-electron chi connectivity index (χ3n) is 3.58. The van der Waals surface area contributed by atoms with Gasteiger partial charge in [-0.1, -0.05) is 29.8 Å². The van der Waals surface area contributed by atoms with Gasteiger partial charge in [-0.15, -0.1) is 0 Å². The first kappa shape index (κ1) is 13.0. The summed E-state index contributed by atoms with van der Waals surface area (Å²) in [6.07, 6.45) is 6.21. The van der Waals surface area contributed by atoms with Crippen LogP contribution in [0.15, 0.2) is 24.3 Å². The zero-order valence-electron chi connectivity index (χ0n) is 11.0. The van der Waals surface area contributed by atoms with Crippen LogP contribution in [-0.4, -0.2) is 30.0 Å². The highest BCUT2D eigenvalue weighted by atomic mass is 32.2. The predicted molar refractivity (Wildman–Crippen MR) is 77.7 cm³/mol. The van der Waals surface area contributed by atoms with Crippen molar-refractivity contribution >= 4 is 11.8 Å². The lowest BCUT2D eigenvalue weighted by Gasteiger charge is -2.25. The van der Waals surface area contributed by atoms with E-state index < -0.39 is 0 Å². The second-order valence-electron chi connectivity index (χ2n) is 4.95. The molecular formula is C15H23NS. The van der Waals surface area contributed by atoms with Crippen LogP contribution in [0.1, 0.15) is 36.4 Å². The number of aryl methyl sites for hydroxylation is 1. The summed E-state index contributed by atoms with van der Waals surface area (Å²) >= 11 is 1.96. The molecule has 1 fully saturated rings. The molecule has 2 rings (SSSR count). The molecule has 94 valence electrons. The normalized spacial score (nSPS) is 20.9. The first-order chi connectivity index (χ1) is 8.31. The van der Waals surface area contributed by atoms with Crippen molar-refractivity contribution in [3.8, 4) is 0 Å². The largest absolute Gasteiger partial charge is 0.296 e. The van der Waals surface area contributed by atoms with E-state index >= 15 is 0 Å². The van der Waals surface area contributed by atoms with Crippen LogP contribution in [0.3, 0.4) is 0 Å². The fraction of sp³-hybridized carbons (Fsp3) is 0.600. The molecule has 0 amide bonds. The van der Waals surface area contributed by atoms with Gasteiger partial charge in [0, 0.05) is 6.04 Å². The fourth-order valence-electron chi connectivity index (χ4n) is 2.76. The highest BCUT2D eigenvalue weighted by molar-refractivity contribution is 7.98. The maximum atomic E-state index is 2.67. The quantitative estimate of drug-likeness (QED) is 0.728. The average molecular weight is 249 g/mol. The molecule has 1 aliphatic rings. The van der Waals surface area contributed by atoms with E-state index in [0.29, 0.717) is 6.04 Å². The van der Waals surface area contributed by atoms with Crippen molar-refractivity contribution in [1.82, 2.24) is 4.90 Å². The number of hydrogen-bond donors (Lipinski definition) is 0. The van der Waals surface area contributed by atoms with E-state index in [9.17, 15) is 0 Å². The van der Waals surface area contributed by atoms with Crippen LogP contribution in [0.5, 0.6) is 0 Å². The van der Waals surface area contributed by atoms with Crippen LogP contribution >= 0.6 is 11.8 Å². The molecule has 1 saturated heterocycles. The molecule has 1 atom stereocenters. The molecule has 2 heteroatoms. The molecule has 0 radical (unpaired) electrons. The van der Waals surface area contributed by atoms with E-state index in [-0.39, 0.29) is 0 Å². The lowest BCUT2D eigenvalue weighted by atomic mass is 10.0. The summed E-state index contributed by atoms with van der Waals surface area (Å²) in [5, 5.41) is 0. The fourth-order valence-corrected chi connectivity index (χ4v) is 3.18. The highest BCUT2D eigenvalue weighted by Crippen LogP contribution is 2.32. The Morgan fingerprint density at radius 1 is 1.41 bits per heavy atom. The highest BCUT2D eigenvalue weighted by Gasteiger charge is 2.25. The zero-order chi connectivity index (χ0) is 12.1. The molecule has 0 aromatic heterocycles. The third-order valence-corrected chi connectivity index (χ3v) is 4.28. The standard InChI is InChI=1S/C15H23NS/c1-13-6-3-7-14(12-13)15-8-4-9-16(15)10-5-11-17-2/h3,6-7,12,15H,4-5,8-11H2,1-2H3/t15-/m0/s1. The molecule has 1 aromatic carbocycles. The number of rotatable bonds is 5. The minimum absolute atomic E-state index is 0.678. The van der Waals surface area contributed by atoms with Crippen molar-refractivity contribution in [3.63, 3.8) is 0 Å². The summed E-state index contributed by atoms with van der Waals surface area (Å²) in [4.78, 5) is 2.67. The second-order valence-corrected chi connectivity index (χ2v) is 5.94. The molecule has 0 bridgehead atoms. The second kappa shape index (κ2) is 6.46. The predicted octanol–water partition coefficient (Wildman–Crippen LogP) is 3.89. The van der Waals surface area contributed by atoms with Gasteiger partial charge in [-0.05, 0) is 56.8 Å². The molecule has 1 aliphatic heterocycles. The van der Waals surface area contributed by atoms with Gasteiger partial charge in [0.05, 0.1) is 0 Å². The Bertz CT molecular complexity index is 351. The maximum absolute atomic E-state index is 2.67. The Balaban J connectivity index is 1.99. The van der Waals surface area contributed by atoms with Crippen LogP contribution in [0.4, 0.5) is 0 Å². The molecular weight excluding hydrogens is 226 g/mol. The van der Waals surface area contributed by atoms with Crippen LogP contribution in [-0.2, 0) is 0 Å². The molecule has 0 aliphatic carbocycles. The zero-order valence-corrected chi connectivity index (χ0v) is 11.8. The van der Waals surface area contributed by atoms with Gasteiger partial charge >= 0.3 is 0 Å². The van der Waals surface area contributed by atoms with Crippen LogP contribution in [0.25, 0.3) is 0 Å². The van der Waals surface area contributed by atoms with E-state index in [1.807, 2.05) is 11.8 Å². The van der Waals surface area contributed by atoms with Crippen LogP contribution in [0.2, 0.25) is 0 Å². The minimum Gasteiger partial charge on any atom is -0.296 e. The summed E-state index contributed by atoms with van der Waals surface area (Å²) < 4.78 is 0.